The number of rotatable bonds is 4. The minimum absolute atomic E-state index is 0.0599. The van der Waals surface area contributed by atoms with Gasteiger partial charge in [-0.25, -0.2) is 4.79 Å². The van der Waals surface area contributed by atoms with Crippen molar-refractivity contribution in [3.63, 3.8) is 0 Å². The zero-order chi connectivity index (χ0) is 18.7. The standard InChI is InChI=1S/C20H23N3O3/c1-22(2)16-10-11-21-17(13-16)18-5-3-4-12-23(18)19(24)14-6-8-15(9-7-14)20(25)26/h6-11,13,18H,3-5,12H2,1-2H3,(H,25,26). The van der Waals surface area contributed by atoms with Gasteiger partial charge in [0.1, 0.15) is 0 Å². The lowest BCUT2D eigenvalue weighted by atomic mass is 9.97. The molecule has 3 rings (SSSR count). The van der Waals surface area contributed by atoms with Crippen molar-refractivity contribution >= 4 is 17.6 Å². The molecule has 1 aromatic carbocycles. The van der Waals surface area contributed by atoms with Gasteiger partial charge in [-0.1, -0.05) is 0 Å². The van der Waals surface area contributed by atoms with Gasteiger partial charge in [0.25, 0.3) is 5.91 Å². The molecular weight excluding hydrogens is 330 g/mol. The fourth-order valence-corrected chi connectivity index (χ4v) is 3.30. The lowest BCUT2D eigenvalue weighted by Gasteiger charge is -2.35. The molecule has 26 heavy (non-hydrogen) atoms. The molecule has 1 unspecified atom stereocenters. The normalized spacial score (nSPS) is 17.0. The fraction of sp³-hybridized carbons (Fsp3) is 0.350. The number of pyridine rings is 1. The van der Waals surface area contributed by atoms with E-state index in [1.54, 1.807) is 18.3 Å². The van der Waals surface area contributed by atoms with Crippen molar-refractivity contribution in [2.75, 3.05) is 25.5 Å². The Morgan fingerprint density at radius 2 is 1.81 bits per heavy atom. The van der Waals surface area contributed by atoms with Crippen LogP contribution in [0, 0.1) is 0 Å². The Labute approximate surface area is 153 Å². The number of carbonyl (C=O) groups excluding carboxylic acids is 1. The molecule has 0 bridgehead atoms. The van der Waals surface area contributed by atoms with E-state index in [-0.39, 0.29) is 17.5 Å². The van der Waals surface area contributed by atoms with Crippen LogP contribution < -0.4 is 4.90 Å². The molecule has 1 fully saturated rings. The maximum atomic E-state index is 13.0. The van der Waals surface area contributed by atoms with Gasteiger partial charge in [0.2, 0.25) is 0 Å². The van der Waals surface area contributed by atoms with E-state index in [0.29, 0.717) is 12.1 Å². The predicted octanol–water partition coefficient (Wildman–Crippen LogP) is 3.21. The molecule has 1 saturated heterocycles. The van der Waals surface area contributed by atoms with Crippen molar-refractivity contribution in [2.45, 2.75) is 25.3 Å². The first-order chi connectivity index (χ1) is 12.5. The van der Waals surface area contributed by atoms with Crippen LogP contribution in [0.5, 0.6) is 0 Å². The molecule has 1 aliphatic heterocycles. The number of carbonyl (C=O) groups is 2. The quantitative estimate of drug-likeness (QED) is 0.914. The van der Waals surface area contributed by atoms with Gasteiger partial charge in [0.05, 0.1) is 17.3 Å². The number of aromatic nitrogens is 1. The van der Waals surface area contributed by atoms with E-state index in [0.717, 1.165) is 30.6 Å². The Kier molecular flexibility index (Phi) is 5.21. The molecule has 1 N–H and O–H groups in total. The van der Waals surface area contributed by atoms with Crippen LogP contribution in [0.25, 0.3) is 0 Å². The number of likely N-dealkylation sites (tertiary alicyclic amines) is 1. The number of benzene rings is 1. The van der Waals surface area contributed by atoms with E-state index in [1.165, 1.54) is 12.1 Å². The van der Waals surface area contributed by atoms with Crippen molar-refractivity contribution in [2.24, 2.45) is 0 Å². The highest BCUT2D eigenvalue weighted by atomic mass is 16.4. The fourth-order valence-electron chi connectivity index (χ4n) is 3.30. The molecular formula is C20H23N3O3. The van der Waals surface area contributed by atoms with E-state index in [9.17, 15) is 9.59 Å². The summed E-state index contributed by atoms with van der Waals surface area (Å²) in [6.45, 7) is 0.679. The van der Waals surface area contributed by atoms with Crippen LogP contribution in [0.15, 0.2) is 42.6 Å². The van der Waals surface area contributed by atoms with Crippen molar-refractivity contribution in [3.05, 3.63) is 59.4 Å². The van der Waals surface area contributed by atoms with E-state index in [2.05, 4.69) is 4.98 Å². The van der Waals surface area contributed by atoms with Crippen LogP contribution >= 0.6 is 0 Å². The predicted molar refractivity (Wildman–Crippen MR) is 99.6 cm³/mol. The van der Waals surface area contributed by atoms with E-state index in [4.69, 9.17) is 5.11 Å². The van der Waals surface area contributed by atoms with Crippen LogP contribution in [-0.2, 0) is 0 Å². The van der Waals surface area contributed by atoms with Crippen molar-refractivity contribution in [1.82, 2.24) is 9.88 Å². The Balaban J connectivity index is 1.87. The van der Waals surface area contributed by atoms with Crippen LogP contribution in [0.3, 0.4) is 0 Å². The summed E-state index contributed by atoms with van der Waals surface area (Å²) in [4.78, 5) is 32.4. The molecule has 1 atom stereocenters. The maximum Gasteiger partial charge on any atom is 0.335 e. The third-order valence-corrected chi connectivity index (χ3v) is 4.76. The molecule has 0 spiro atoms. The van der Waals surface area contributed by atoms with Crippen molar-refractivity contribution in [1.29, 1.82) is 0 Å². The summed E-state index contributed by atoms with van der Waals surface area (Å²) < 4.78 is 0. The number of amides is 1. The highest BCUT2D eigenvalue weighted by molar-refractivity contribution is 5.96. The van der Waals surface area contributed by atoms with E-state index in [1.807, 2.05) is 36.0 Å². The van der Waals surface area contributed by atoms with Crippen LogP contribution in [0.4, 0.5) is 5.69 Å². The van der Waals surface area contributed by atoms with Gasteiger partial charge < -0.3 is 14.9 Å². The lowest BCUT2D eigenvalue weighted by molar-refractivity contribution is 0.0604. The van der Waals surface area contributed by atoms with Gasteiger partial charge in [0.15, 0.2) is 0 Å². The van der Waals surface area contributed by atoms with Crippen LogP contribution in [0.2, 0.25) is 0 Å². The summed E-state index contributed by atoms with van der Waals surface area (Å²) in [6, 6.07) is 10.0. The van der Waals surface area contributed by atoms with E-state index >= 15 is 0 Å². The first kappa shape index (κ1) is 17.9. The summed E-state index contributed by atoms with van der Waals surface area (Å²) in [6.07, 6.45) is 4.68. The second-order valence-corrected chi connectivity index (χ2v) is 6.73. The molecule has 6 heteroatoms. The second kappa shape index (κ2) is 7.56. The zero-order valence-corrected chi connectivity index (χ0v) is 15.1. The van der Waals surface area contributed by atoms with Gasteiger partial charge in [-0.15, -0.1) is 0 Å². The monoisotopic (exact) mass is 353 g/mol. The van der Waals surface area contributed by atoms with Gasteiger partial charge >= 0.3 is 5.97 Å². The van der Waals surface area contributed by atoms with Crippen LogP contribution in [-0.4, -0.2) is 47.5 Å². The Bertz CT molecular complexity index is 802. The highest BCUT2D eigenvalue weighted by Gasteiger charge is 2.29. The zero-order valence-electron chi connectivity index (χ0n) is 15.1. The van der Waals surface area contributed by atoms with Crippen molar-refractivity contribution < 1.29 is 14.7 Å². The number of hydrogen-bond acceptors (Lipinski definition) is 4. The van der Waals surface area contributed by atoms with Gasteiger partial charge in [-0.05, 0) is 55.7 Å². The molecule has 1 amide bonds. The number of piperidine rings is 1. The molecule has 6 nitrogen and oxygen atoms in total. The Morgan fingerprint density at radius 1 is 1.12 bits per heavy atom. The number of anilines is 1. The average Bonchev–Trinajstić information content (AvgIpc) is 2.67. The largest absolute Gasteiger partial charge is 0.478 e. The average molecular weight is 353 g/mol. The minimum Gasteiger partial charge on any atom is -0.478 e. The summed E-state index contributed by atoms with van der Waals surface area (Å²) in [5.41, 5.74) is 2.63. The molecule has 2 aromatic rings. The Morgan fingerprint density at radius 3 is 2.46 bits per heavy atom. The topological polar surface area (TPSA) is 73.7 Å². The molecule has 0 saturated carbocycles. The van der Waals surface area contributed by atoms with Gasteiger partial charge in [0, 0.05) is 38.1 Å². The van der Waals surface area contributed by atoms with E-state index < -0.39 is 5.97 Å². The number of carboxylic acid groups (broad SMARTS) is 1. The number of nitrogens with zero attached hydrogens (tertiary/aromatic N) is 3. The summed E-state index contributed by atoms with van der Waals surface area (Å²) in [7, 11) is 3.96. The number of aromatic carboxylic acids is 1. The molecule has 2 heterocycles. The molecule has 136 valence electrons. The third kappa shape index (κ3) is 3.69. The first-order valence-corrected chi connectivity index (χ1v) is 8.75. The molecule has 0 radical (unpaired) electrons. The van der Waals surface area contributed by atoms with Gasteiger partial charge in [-0.2, -0.15) is 0 Å². The van der Waals surface area contributed by atoms with Crippen molar-refractivity contribution in [3.8, 4) is 0 Å². The molecule has 0 aliphatic carbocycles. The summed E-state index contributed by atoms with van der Waals surface area (Å²) in [5.74, 6) is -1.08. The highest BCUT2D eigenvalue weighted by Crippen LogP contribution is 2.32. The molecule has 1 aromatic heterocycles. The molecule has 1 aliphatic rings. The lowest BCUT2D eigenvalue weighted by Crippen LogP contribution is -2.39. The number of hydrogen-bond donors (Lipinski definition) is 1. The summed E-state index contributed by atoms with van der Waals surface area (Å²) >= 11 is 0. The van der Waals surface area contributed by atoms with Gasteiger partial charge in [-0.3, -0.25) is 9.78 Å². The SMILES string of the molecule is CN(C)c1ccnc(C2CCCCN2C(=O)c2ccc(C(=O)O)cc2)c1. The van der Waals surface area contributed by atoms with Crippen LogP contribution in [0.1, 0.15) is 51.7 Å². The maximum absolute atomic E-state index is 13.0. The summed E-state index contributed by atoms with van der Waals surface area (Å²) in [5, 5.41) is 9.02. The second-order valence-electron chi connectivity index (χ2n) is 6.73. The smallest absolute Gasteiger partial charge is 0.335 e. The third-order valence-electron chi connectivity index (χ3n) is 4.76. The number of carboxylic acids is 1. The minimum atomic E-state index is -0.996. The first-order valence-electron chi connectivity index (χ1n) is 8.75. The Hall–Kier alpha value is -2.89.